The van der Waals surface area contributed by atoms with E-state index in [0.29, 0.717) is 0 Å². The standard InChI is InChI=1S/C14H26O2/c1-3-4-5-6-7-8-9-10-14(11-12-14)16-13(2)15/h3-12H2,1-2H3. The van der Waals surface area contributed by atoms with Crippen molar-refractivity contribution < 1.29 is 9.53 Å². The van der Waals surface area contributed by atoms with E-state index in [2.05, 4.69) is 6.92 Å². The van der Waals surface area contributed by atoms with Crippen LogP contribution in [0.25, 0.3) is 0 Å². The molecule has 1 saturated carbocycles. The molecule has 0 heterocycles. The topological polar surface area (TPSA) is 26.3 Å². The number of ether oxygens (including phenoxy) is 1. The van der Waals surface area contributed by atoms with E-state index in [1.54, 1.807) is 0 Å². The molecule has 0 aromatic heterocycles. The lowest BCUT2D eigenvalue weighted by Crippen LogP contribution is -2.17. The van der Waals surface area contributed by atoms with Gasteiger partial charge in [-0.25, -0.2) is 0 Å². The summed E-state index contributed by atoms with van der Waals surface area (Å²) in [6, 6.07) is 0. The van der Waals surface area contributed by atoms with E-state index >= 15 is 0 Å². The molecule has 0 aliphatic heterocycles. The van der Waals surface area contributed by atoms with Gasteiger partial charge in [-0.15, -0.1) is 0 Å². The number of hydrogen-bond donors (Lipinski definition) is 0. The fourth-order valence-corrected chi connectivity index (χ4v) is 2.25. The molecule has 0 amide bonds. The summed E-state index contributed by atoms with van der Waals surface area (Å²) in [7, 11) is 0. The number of carbonyl (C=O) groups excluding carboxylic acids is 1. The smallest absolute Gasteiger partial charge is 0.303 e. The maximum Gasteiger partial charge on any atom is 0.303 e. The van der Waals surface area contributed by atoms with E-state index in [4.69, 9.17) is 4.74 Å². The van der Waals surface area contributed by atoms with Gasteiger partial charge in [0, 0.05) is 6.92 Å². The Morgan fingerprint density at radius 2 is 1.62 bits per heavy atom. The van der Waals surface area contributed by atoms with Gasteiger partial charge in [-0.3, -0.25) is 4.79 Å². The van der Waals surface area contributed by atoms with Gasteiger partial charge in [0.25, 0.3) is 0 Å². The predicted octanol–water partition coefficient (Wildman–Crippen LogP) is 4.22. The van der Waals surface area contributed by atoms with Crippen molar-refractivity contribution in [3.05, 3.63) is 0 Å². The molecule has 0 bridgehead atoms. The van der Waals surface area contributed by atoms with Crippen molar-refractivity contribution >= 4 is 5.97 Å². The molecule has 0 spiro atoms. The maximum atomic E-state index is 10.9. The largest absolute Gasteiger partial charge is 0.459 e. The second kappa shape index (κ2) is 6.93. The number of esters is 1. The summed E-state index contributed by atoms with van der Waals surface area (Å²) in [5.41, 5.74) is -0.0325. The van der Waals surface area contributed by atoms with Crippen molar-refractivity contribution in [1.82, 2.24) is 0 Å². The van der Waals surface area contributed by atoms with Gasteiger partial charge in [-0.1, -0.05) is 45.4 Å². The van der Waals surface area contributed by atoms with E-state index in [1.165, 1.54) is 51.9 Å². The van der Waals surface area contributed by atoms with Gasteiger partial charge in [0.1, 0.15) is 5.60 Å². The molecule has 2 nitrogen and oxygen atoms in total. The molecule has 1 fully saturated rings. The fraction of sp³-hybridized carbons (Fsp3) is 0.929. The Labute approximate surface area is 99.8 Å². The Bertz CT molecular complexity index is 207. The van der Waals surface area contributed by atoms with Gasteiger partial charge in [0.05, 0.1) is 0 Å². The van der Waals surface area contributed by atoms with Crippen molar-refractivity contribution in [1.29, 1.82) is 0 Å². The molecule has 0 unspecified atom stereocenters. The minimum absolute atomic E-state index is 0.0325. The van der Waals surface area contributed by atoms with E-state index in [9.17, 15) is 4.79 Å². The zero-order valence-electron chi connectivity index (χ0n) is 10.9. The first-order valence-corrected chi connectivity index (χ1v) is 6.88. The van der Waals surface area contributed by atoms with Crippen LogP contribution in [0.5, 0.6) is 0 Å². The third kappa shape index (κ3) is 5.53. The van der Waals surface area contributed by atoms with Crippen LogP contribution >= 0.6 is 0 Å². The minimum atomic E-state index is -0.111. The van der Waals surface area contributed by atoms with E-state index in [1.807, 2.05) is 0 Å². The Morgan fingerprint density at radius 1 is 1.06 bits per heavy atom. The van der Waals surface area contributed by atoms with Gasteiger partial charge in [0.2, 0.25) is 0 Å². The summed E-state index contributed by atoms with van der Waals surface area (Å²) in [5.74, 6) is -0.111. The van der Waals surface area contributed by atoms with Crippen LogP contribution in [0.2, 0.25) is 0 Å². The molecular formula is C14H26O2. The van der Waals surface area contributed by atoms with Gasteiger partial charge in [0.15, 0.2) is 0 Å². The Kier molecular flexibility index (Phi) is 5.86. The SMILES string of the molecule is CCCCCCCCCC1(OC(C)=O)CC1. The summed E-state index contributed by atoms with van der Waals surface area (Å²) in [4.78, 5) is 10.9. The number of hydrogen-bond acceptors (Lipinski definition) is 2. The molecule has 0 atom stereocenters. The maximum absolute atomic E-state index is 10.9. The van der Waals surface area contributed by atoms with E-state index in [-0.39, 0.29) is 11.6 Å². The molecule has 0 radical (unpaired) electrons. The van der Waals surface area contributed by atoms with E-state index in [0.717, 1.165) is 19.3 Å². The summed E-state index contributed by atoms with van der Waals surface area (Å²) in [5, 5.41) is 0. The Hall–Kier alpha value is -0.530. The van der Waals surface area contributed by atoms with Crippen LogP contribution in [0.4, 0.5) is 0 Å². The normalized spacial score (nSPS) is 17.1. The summed E-state index contributed by atoms with van der Waals surface area (Å²) in [6.07, 6.45) is 12.6. The van der Waals surface area contributed by atoms with Crippen LogP contribution < -0.4 is 0 Å². The minimum Gasteiger partial charge on any atom is -0.459 e. The molecule has 94 valence electrons. The van der Waals surface area contributed by atoms with Crippen LogP contribution in [0, 0.1) is 0 Å². The summed E-state index contributed by atoms with van der Waals surface area (Å²) >= 11 is 0. The highest BCUT2D eigenvalue weighted by molar-refractivity contribution is 5.66. The molecule has 16 heavy (non-hydrogen) atoms. The highest BCUT2D eigenvalue weighted by atomic mass is 16.6. The average Bonchev–Trinajstić information content (AvgIpc) is 2.96. The lowest BCUT2D eigenvalue weighted by molar-refractivity contribution is -0.148. The quantitative estimate of drug-likeness (QED) is 0.434. The average molecular weight is 226 g/mol. The van der Waals surface area contributed by atoms with Crippen molar-refractivity contribution in [3.8, 4) is 0 Å². The number of carbonyl (C=O) groups is 1. The van der Waals surface area contributed by atoms with Crippen LogP contribution in [-0.2, 0) is 9.53 Å². The summed E-state index contributed by atoms with van der Waals surface area (Å²) in [6.45, 7) is 3.76. The molecule has 1 aliphatic rings. The fourth-order valence-electron chi connectivity index (χ4n) is 2.25. The third-order valence-electron chi connectivity index (χ3n) is 3.40. The second-order valence-electron chi connectivity index (χ2n) is 5.15. The van der Waals surface area contributed by atoms with Crippen LogP contribution in [0.3, 0.4) is 0 Å². The van der Waals surface area contributed by atoms with Crippen LogP contribution in [-0.4, -0.2) is 11.6 Å². The van der Waals surface area contributed by atoms with Gasteiger partial charge in [-0.05, 0) is 25.7 Å². The van der Waals surface area contributed by atoms with Crippen molar-refractivity contribution in [2.24, 2.45) is 0 Å². The number of rotatable bonds is 9. The van der Waals surface area contributed by atoms with Crippen LogP contribution in [0.15, 0.2) is 0 Å². The molecule has 2 heteroatoms. The van der Waals surface area contributed by atoms with Gasteiger partial charge in [-0.2, -0.15) is 0 Å². The zero-order valence-corrected chi connectivity index (χ0v) is 10.9. The number of unbranched alkanes of at least 4 members (excludes halogenated alkanes) is 6. The monoisotopic (exact) mass is 226 g/mol. The molecule has 1 rings (SSSR count). The van der Waals surface area contributed by atoms with Crippen molar-refractivity contribution in [2.45, 2.75) is 83.7 Å². The molecule has 0 saturated heterocycles. The molecule has 0 aromatic carbocycles. The third-order valence-corrected chi connectivity index (χ3v) is 3.40. The molecular weight excluding hydrogens is 200 g/mol. The lowest BCUT2D eigenvalue weighted by atomic mass is 10.1. The Morgan fingerprint density at radius 3 is 2.12 bits per heavy atom. The van der Waals surface area contributed by atoms with Crippen molar-refractivity contribution in [3.63, 3.8) is 0 Å². The zero-order chi connectivity index (χ0) is 11.9. The molecule has 1 aliphatic carbocycles. The first-order chi connectivity index (χ1) is 7.68. The first kappa shape index (κ1) is 13.5. The molecule has 0 aromatic rings. The van der Waals surface area contributed by atoms with Gasteiger partial charge < -0.3 is 4.74 Å². The summed E-state index contributed by atoms with van der Waals surface area (Å²) < 4.78 is 5.35. The highest BCUT2D eigenvalue weighted by Crippen LogP contribution is 2.44. The lowest BCUT2D eigenvalue weighted by Gasteiger charge is -2.14. The molecule has 0 N–H and O–H groups in total. The van der Waals surface area contributed by atoms with Crippen LogP contribution in [0.1, 0.15) is 78.1 Å². The van der Waals surface area contributed by atoms with Gasteiger partial charge >= 0.3 is 5.97 Å². The van der Waals surface area contributed by atoms with Crippen molar-refractivity contribution in [2.75, 3.05) is 0 Å². The van der Waals surface area contributed by atoms with E-state index < -0.39 is 0 Å². The highest BCUT2D eigenvalue weighted by Gasteiger charge is 2.45. The second-order valence-corrected chi connectivity index (χ2v) is 5.15. The predicted molar refractivity (Wildman–Crippen MR) is 66.3 cm³/mol. The first-order valence-electron chi connectivity index (χ1n) is 6.88. The Balaban J connectivity index is 1.93.